The molecule has 0 aliphatic carbocycles. The van der Waals surface area contributed by atoms with Crippen LogP contribution in [-0.4, -0.2) is 19.5 Å². The zero-order valence-electron chi connectivity index (χ0n) is 36.9. The molecule has 286 valence electrons. The van der Waals surface area contributed by atoms with Crippen molar-refractivity contribution in [2.75, 3.05) is 0 Å². The maximum absolute atomic E-state index is 9.24. The fraction of sp³-hybridized carbons (Fsp3) is 0. The summed E-state index contributed by atoms with van der Waals surface area (Å²) in [6.07, 6.45) is 0. The first kappa shape index (κ1) is 31.7. The van der Waals surface area contributed by atoms with Gasteiger partial charge in [-0.15, -0.1) is 0 Å². The Morgan fingerprint density at radius 3 is 1.49 bits per heavy atom. The maximum atomic E-state index is 9.24. The number of para-hydroxylation sites is 1. The van der Waals surface area contributed by atoms with E-state index in [0.717, 1.165) is 77.8 Å². The summed E-state index contributed by atoms with van der Waals surface area (Å²) in [7, 11) is 0. The predicted molar refractivity (Wildman–Crippen MR) is 252 cm³/mol. The van der Waals surface area contributed by atoms with E-state index in [9.17, 15) is 2.74 Å². The van der Waals surface area contributed by atoms with Crippen LogP contribution in [0.5, 0.6) is 0 Å². The van der Waals surface area contributed by atoms with Gasteiger partial charge in [0.1, 0.15) is 0 Å². The van der Waals surface area contributed by atoms with Gasteiger partial charge < -0.3 is 4.57 Å². The summed E-state index contributed by atoms with van der Waals surface area (Å²) >= 11 is 0. The first-order chi connectivity index (χ1) is 31.9. The number of benzene rings is 9. The molecule has 0 radical (unpaired) electrons. The van der Waals surface area contributed by atoms with E-state index >= 15 is 0 Å². The van der Waals surface area contributed by atoms with Gasteiger partial charge >= 0.3 is 0 Å². The lowest BCUT2D eigenvalue weighted by molar-refractivity contribution is 1.07. The number of rotatable bonds is 8. The van der Waals surface area contributed by atoms with Crippen LogP contribution in [0.2, 0.25) is 0 Å². The van der Waals surface area contributed by atoms with Crippen molar-refractivity contribution in [1.29, 1.82) is 0 Å². The van der Waals surface area contributed by atoms with E-state index in [1.54, 1.807) is 0 Å². The SMILES string of the molecule is [2H]c1c([2H])c([2H])c2c(c1[2H])c1c(-c3ccccc3-c3ccccc3)cccc1n2-c1ccc(-c2cccc(-c3nc(-c4ccccc4)nc(-c4ccc(-c5ccccc5)cc4)n3)c2)cc1. The first-order valence-corrected chi connectivity index (χ1v) is 20.3. The molecule has 61 heavy (non-hydrogen) atoms. The Hall–Kier alpha value is -8.21. The van der Waals surface area contributed by atoms with Gasteiger partial charge in [0.15, 0.2) is 17.5 Å². The Balaban J connectivity index is 1.01. The predicted octanol–water partition coefficient (Wildman–Crippen LogP) is 14.6. The van der Waals surface area contributed by atoms with Crippen molar-refractivity contribution >= 4 is 21.8 Å². The second kappa shape index (κ2) is 15.5. The third-order valence-corrected chi connectivity index (χ3v) is 11.2. The molecular weight excluding hydrogens is 741 g/mol. The molecular formula is C57H38N4. The topological polar surface area (TPSA) is 43.6 Å². The largest absolute Gasteiger partial charge is 0.309 e. The Kier molecular flexibility index (Phi) is 8.07. The van der Waals surface area contributed by atoms with Crippen LogP contribution in [0.25, 0.3) is 106 Å². The van der Waals surface area contributed by atoms with Gasteiger partial charge in [-0.1, -0.05) is 200 Å². The minimum Gasteiger partial charge on any atom is -0.309 e. The molecule has 0 aliphatic rings. The minimum atomic E-state index is -0.271. The van der Waals surface area contributed by atoms with Gasteiger partial charge in [-0.25, -0.2) is 15.0 Å². The fourth-order valence-corrected chi connectivity index (χ4v) is 8.28. The van der Waals surface area contributed by atoms with Crippen molar-refractivity contribution < 1.29 is 5.48 Å². The Labute approximate surface area is 360 Å². The average Bonchev–Trinajstić information content (AvgIpc) is 3.74. The molecule has 0 bridgehead atoms. The van der Waals surface area contributed by atoms with Gasteiger partial charge in [0, 0.05) is 33.2 Å². The number of hydrogen-bond donors (Lipinski definition) is 0. The lowest BCUT2D eigenvalue weighted by Crippen LogP contribution is -2.00. The third-order valence-electron chi connectivity index (χ3n) is 11.2. The highest BCUT2D eigenvalue weighted by atomic mass is 15.0. The molecule has 0 atom stereocenters. The summed E-state index contributed by atoms with van der Waals surface area (Å²) in [5.41, 5.74) is 12.8. The van der Waals surface area contributed by atoms with Crippen molar-refractivity contribution in [3.05, 3.63) is 230 Å². The number of nitrogens with zero attached hydrogens (tertiary/aromatic N) is 4. The Morgan fingerprint density at radius 2 is 0.787 bits per heavy atom. The highest BCUT2D eigenvalue weighted by molar-refractivity contribution is 6.16. The van der Waals surface area contributed by atoms with Gasteiger partial charge in [0.25, 0.3) is 0 Å². The molecule has 0 fully saturated rings. The summed E-state index contributed by atoms with van der Waals surface area (Å²) in [4.78, 5) is 15.0. The van der Waals surface area contributed by atoms with Crippen LogP contribution < -0.4 is 0 Å². The molecule has 11 aromatic rings. The van der Waals surface area contributed by atoms with Crippen LogP contribution in [0.15, 0.2) is 230 Å². The van der Waals surface area contributed by atoms with Crippen molar-refractivity contribution in [3.63, 3.8) is 0 Å². The molecule has 4 nitrogen and oxygen atoms in total. The fourth-order valence-electron chi connectivity index (χ4n) is 8.28. The molecule has 0 spiro atoms. The maximum Gasteiger partial charge on any atom is 0.164 e. The summed E-state index contributed by atoms with van der Waals surface area (Å²) in [5, 5.41) is 1.26. The zero-order chi connectivity index (χ0) is 44.0. The highest BCUT2D eigenvalue weighted by Gasteiger charge is 2.19. The monoisotopic (exact) mass is 782 g/mol. The normalized spacial score (nSPS) is 12.2. The Bertz CT molecular complexity index is 3560. The van der Waals surface area contributed by atoms with Gasteiger partial charge in [-0.2, -0.15) is 0 Å². The standard InChI is InChI=1S/C57H38N4/c1-4-16-39(17-5-1)40-30-32-44(33-31-40)56-58-55(43-20-8-3-9-21-43)59-57(60-56)46-23-14-22-45(38-46)41-34-36-47(37-35-41)61-52-28-13-12-26-51(52)54-50(27-15-29-53(54)61)49-25-11-10-24-48(49)42-18-6-2-7-19-42/h1-38H/i12D,13D,26D,28D. The quantitative estimate of drug-likeness (QED) is 0.154. The molecule has 0 N–H and O–H groups in total. The first-order valence-electron chi connectivity index (χ1n) is 22.3. The second-order valence-electron chi connectivity index (χ2n) is 14.9. The van der Waals surface area contributed by atoms with Gasteiger partial charge in [-0.05, 0) is 74.8 Å². The summed E-state index contributed by atoms with van der Waals surface area (Å²) < 4.78 is 37.9. The Morgan fingerprint density at radius 1 is 0.328 bits per heavy atom. The molecule has 0 saturated heterocycles. The van der Waals surface area contributed by atoms with Crippen molar-refractivity contribution in [2.24, 2.45) is 0 Å². The van der Waals surface area contributed by atoms with Crippen LogP contribution in [0.4, 0.5) is 0 Å². The summed E-state index contributed by atoms with van der Waals surface area (Å²) in [6, 6.07) is 68.6. The minimum absolute atomic E-state index is 0.0658. The van der Waals surface area contributed by atoms with Crippen molar-refractivity contribution in [2.45, 2.75) is 0 Å². The molecule has 4 heteroatoms. The van der Waals surface area contributed by atoms with Crippen molar-refractivity contribution in [1.82, 2.24) is 19.5 Å². The van der Waals surface area contributed by atoms with E-state index in [1.165, 1.54) is 0 Å². The van der Waals surface area contributed by atoms with Gasteiger partial charge in [0.2, 0.25) is 0 Å². The van der Waals surface area contributed by atoms with E-state index in [-0.39, 0.29) is 24.2 Å². The van der Waals surface area contributed by atoms with Gasteiger partial charge in [0.05, 0.1) is 16.5 Å². The molecule has 2 heterocycles. The van der Waals surface area contributed by atoms with E-state index in [1.807, 2.05) is 126 Å². The zero-order valence-corrected chi connectivity index (χ0v) is 32.9. The third kappa shape index (κ3) is 6.76. The molecule has 0 aliphatic heterocycles. The van der Waals surface area contributed by atoms with E-state index < -0.39 is 0 Å². The number of fused-ring (bicyclic) bond motifs is 3. The molecule has 11 rings (SSSR count). The van der Waals surface area contributed by atoms with Gasteiger partial charge in [-0.3, -0.25) is 0 Å². The highest BCUT2D eigenvalue weighted by Crippen LogP contribution is 2.42. The lowest BCUT2D eigenvalue weighted by atomic mass is 9.92. The summed E-state index contributed by atoms with van der Waals surface area (Å²) in [6.45, 7) is 0. The summed E-state index contributed by atoms with van der Waals surface area (Å²) in [5.74, 6) is 1.73. The van der Waals surface area contributed by atoms with E-state index in [0.29, 0.717) is 28.4 Å². The van der Waals surface area contributed by atoms with Crippen LogP contribution in [-0.2, 0) is 0 Å². The molecule has 0 unspecified atom stereocenters. The molecule has 0 saturated carbocycles. The number of aromatic nitrogens is 4. The van der Waals surface area contributed by atoms with Crippen molar-refractivity contribution in [3.8, 4) is 84.4 Å². The smallest absolute Gasteiger partial charge is 0.164 e. The second-order valence-corrected chi connectivity index (χ2v) is 14.9. The average molecular weight is 783 g/mol. The van der Waals surface area contributed by atoms with Crippen LogP contribution in [0, 0.1) is 0 Å². The van der Waals surface area contributed by atoms with Crippen LogP contribution >= 0.6 is 0 Å². The lowest BCUT2D eigenvalue weighted by Gasteiger charge is -2.13. The van der Waals surface area contributed by atoms with E-state index in [4.69, 9.17) is 17.7 Å². The molecule has 9 aromatic carbocycles. The van der Waals surface area contributed by atoms with E-state index in [2.05, 4.69) is 84.9 Å². The molecule has 0 amide bonds. The molecule has 2 aromatic heterocycles. The van der Waals surface area contributed by atoms with Crippen LogP contribution in [0.3, 0.4) is 0 Å². The van der Waals surface area contributed by atoms with Crippen LogP contribution in [0.1, 0.15) is 5.48 Å². The number of hydrogen-bond acceptors (Lipinski definition) is 3.